The molecule has 0 aliphatic carbocycles. The Morgan fingerprint density at radius 1 is 1.33 bits per heavy atom. The zero-order chi connectivity index (χ0) is 12.8. The molecule has 1 aromatic heterocycles. The van der Waals surface area contributed by atoms with Crippen LogP contribution in [0.1, 0.15) is 17.7 Å². The lowest BCUT2D eigenvalue weighted by atomic mass is 10.1. The fourth-order valence-corrected chi connectivity index (χ4v) is 1.68. The van der Waals surface area contributed by atoms with Gasteiger partial charge >= 0.3 is 0 Å². The number of anilines is 1. The van der Waals surface area contributed by atoms with Crippen LogP contribution in [-0.4, -0.2) is 18.2 Å². The zero-order valence-electron chi connectivity index (χ0n) is 10.0. The van der Waals surface area contributed by atoms with Gasteiger partial charge in [0.15, 0.2) is 5.76 Å². The molecule has 0 fully saturated rings. The van der Waals surface area contributed by atoms with Crippen LogP contribution in [0.3, 0.4) is 0 Å². The highest BCUT2D eigenvalue weighted by molar-refractivity contribution is 5.46. The van der Waals surface area contributed by atoms with Gasteiger partial charge in [-0.15, -0.1) is 0 Å². The molecule has 96 valence electrons. The van der Waals surface area contributed by atoms with Crippen LogP contribution in [0.5, 0.6) is 0 Å². The quantitative estimate of drug-likeness (QED) is 0.770. The van der Waals surface area contributed by atoms with Gasteiger partial charge in [-0.25, -0.2) is 4.39 Å². The highest BCUT2D eigenvalue weighted by atomic mass is 19.1. The van der Waals surface area contributed by atoms with Gasteiger partial charge in [-0.2, -0.15) is 0 Å². The Kier molecular flexibility index (Phi) is 4.30. The minimum atomic E-state index is -0.234. The summed E-state index contributed by atoms with van der Waals surface area (Å²) in [5.74, 6) is 0.402. The molecule has 0 saturated heterocycles. The molecule has 0 amide bonds. The lowest BCUT2D eigenvalue weighted by molar-refractivity contribution is 0.388. The summed E-state index contributed by atoms with van der Waals surface area (Å²) < 4.78 is 18.7. The van der Waals surface area contributed by atoms with E-state index in [9.17, 15) is 4.39 Å². The molecule has 4 nitrogen and oxygen atoms in total. The van der Waals surface area contributed by atoms with E-state index in [2.05, 4.69) is 10.5 Å². The second kappa shape index (κ2) is 6.16. The first-order valence-electron chi connectivity index (χ1n) is 5.92. The van der Waals surface area contributed by atoms with Gasteiger partial charge in [-0.3, -0.25) is 0 Å². The van der Waals surface area contributed by atoms with E-state index in [1.807, 2.05) is 0 Å². The summed E-state index contributed by atoms with van der Waals surface area (Å²) in [6, 6.07) is 6.64. The van der Waals surface area contributed by atoms with E-state index in [0.717, 1.165) is 18.7 Å². The molecule has 3 N–H and O–H groups in total. The summed E-state index contributed by atoms with van der Waals surface area (Å²) in [6.07, 6.45) is 2.86. The van der Waals surface area contributed by atoms with E-state index in [4.69, 9.17) is 10.3 Å². The molecule has 5 heteroatoms. The standard InChI is InChI=1S/C13H16FN3O/c14-11-5-2-1-4-10(11)8-13-12(9-17-18-13)16-7-3-6-15/h1-2,4-5,9,16H,3,6-8,15H2. The van der Waals surface area contributed by atoms with Gasteiger partial charge in [0.25, 0.3) is 0 Å². The van der Waals surface area contributed by atoms with E-state index < -0.39 is 0 Å². The predicted octanol–water partition coefficient (Wildman–Crippen LogP) is 2.17. The number of hydrogen-bond acceptors (Lipinski definition) is 4. The lowest BCUT2D eigenvalue weighted by Gasteiger charge is -2.05. The SMILES string of the molecule is NCCCNc1cnoc1Cc1ccccc1F. The van der Waals surface area contributed by atoms with Crippen LogP contribution in [-0.2, 0) is 6.42 Å². The van der Waals surface area contributed by atoms with Crippen molar-refractivity contribution in [3.05, 3.63) is 47.6 Å². The molecule has 0 bridgehead atoms. The number of nitrogens with two attached hydrogens (primary N) is 1. The normalized spacial score (nSPS) is 10.6. The Morgan fingerprint density at radius 3 is 2.94 bits per heavy atom. The molecule has 0 unspecified atom stereocenters. The topological polar surface area (TPSA) is 64.1 Å². The van der Waals surface area contributed by atoms with Crippen molar-refractivity contribution in [3.63, 3.8) is 0 Å². The smallest absolute Gasteiger partial charge is 0.164 e. The maximum atomic E-state index is 13.5. The highest BCUT2D eigenvalue weighted by Crippen LogP contribution is 2.20. The zero-order valence-corrected chi connectivity index (χ0v) is 10.0. The number of nitrogens with zero attached hydrogens (tertiary/aromatic N) is 1. The summed E-state index contributed by atoms with van der Waals surface area (Å²) in [7, 11) is 0. The van der Waals surface area contributed by atoms with E-state index in [0.29, 0.717) is 24.3 Å². The first-order valence-corrected chi connectivity index (χ1v) is 5.92. The molecule has 0 aliphatic rings. The highest BCUT2D eigenvalue weighted by Gasteiger charge is 2.10. The van der Waals surface area contributed by atoms with E-state index >= 15 is 0 Å². The monoisotopic (exact) mass is 249 g/mol. The van der Waals surface area contributed by atoms with E-state index in [1.54, 1.807) is 24.4 Å². The van der Waals surface area contributed by atoms with Gasteiger partial charge < -0.3 is 15.6 Å². The summed E-state index contributed by atoms with van der Waals surface area (Å²) in [5, 5.41) is 6.91. The molecule has 2 rings (SSSR count). The molecule has 18 heavy (non-hydrogen) atoms. The lowest BCUT2D eigenvalue weighted by Crippen LogP contribution is -2.09. The maximum absolute atomic E-state index is 13.5. The predicted molar refractivity (Wildman–Crippen MR) is 67.9 cm³/mol. The number of aromatic nitrogens is 1. The average Bonchev–Trinajstić information content (AvgIpc) is 2.80. The van der Waals surface area contributed by atoms with Gasteiger partial charge in [0.2, 0.25) is 0 Å². The van der Waals surface area contributed by atoms with Crippen LogP contribution in [0.15, 0.2) is 35.0 Å². The third kappa shape index (κ3) is 3.07. The Labute approximate surface area is 105 Å². The van der Waals surface area contributed by atoms with Crippen molar-refractivity contribution >= 4 is 5.69 Å². The van der Waals surface area contributed by atoms with Crippen molar-refractivity contribution in [2.45, 2.75) is 12.8 Å². The third-order valence-electron chi connectivity index (χ3n) is 2.65. The first kappa shape index (κ1) is 12.6. The molecule has 2 aromatic rings. The van der Waals surface area contributed by atoms with Gasteiger partial charge in [0, 0.05) is 13.0 Å². The number of benzene rings is 1. The van der Waals surface area contributed by atoms with E-state index in [-0.39, 0.29) is 5.82 Å². The van der Waals surface area contributed by atoms with Crippen molar-refractivity contribution in [2.24, 2.45) is 5.73 Å². The molecule has 1 aromatic carbocycles. The van der Waals surface area contributed by atoms with Crippen molar-refractivity contribution in [3.8, 4) is 0 Å². The molecule has 0 saturated carbocycles. The number of halogens is 1. The Hall–Kier alpha value is -1.88. The van der Waals surface area contributed by atoms with Crippen molar-refractivity contribution < 1.29 is 8.91 Å². The number of nitrogens with one attached hydrogen (secondary N) is 1. The number of hydrogen-bond donors (Lipinski definition) is 2. The van der Waals surface area contributed by atoms with Crippen LogP contribution in [0, 0.1) is 5.82 Å². The van der Waals surface area contributed by atoms with Crippen molar-refractivity contribution in [2.75, 3.05) is 18.4 Å². The largest absolute Gasteiger partial charge is 0.381 e. The molecular formula is C13H16FN3O. The second-order valence-electron chi connectivity index (χ2n) is 4.00. The summed E-state index contributed by atoms with van der Waals surface area (Å²) in [4.78, 5) is 0. The minimum absolute atomic E-state index is 0.234. The summed E-state index contributed by atoms with van der Waals surface area (Å²) >= 11 is 0. The van der Waals surface area contributed by atoms with Gasteiger partial charge in [0.1, 0.15) is 5.82 Å². The van der Waals surface area contributed by atoms with Crippen LogP contribution in [0.2, 0.25) is 0 Å². The summed E-state index contributed by atoms with van der Waals surface area (Å²) in [6.45, 7) is 1.38. The average molecular weight is 249 g/mol. The minimum Gasteiger partial charge on any atom is -0.381 e. The van der Waals surface area contributed by atoms with Crippen LogP contribution in [0.25, 0.3) is 0 Å². The van der Waals surface area contributed by atoms with Crippen LogP contribution in [0.4, 0.5) is 10.1 Å². The van der Waals surface area contributed by atoms with E-state index in [1.165, 1.54) is 6.07 Å². The van der Waals surface area contributed by atoms with Crippen LogP contribution >= 0.6 is 0 Å². The van der Waals surface area contributed by atoms with Crippen molar-refractivity contribution in [1.82, 2.24) is 5.16 Å². The fourth-order valence-electron chi connectivity index (χ4n) is 1.68. The Bertz CT molecular complexity index is 498. The summed E-state index contributed by atoms with van der Waals surface area (Å²) in [5.41, 5.74) is 6.81. The second-order valence-corrected chi connectivity index (χ2v) is 4.00. The van der Waals surface area contributed by atoms with Crippen molar-refractivity contribution in [1.29, 1.82) is 0 Å². The Morgan fingerprint density at radius 2 is 2.17 bits per heavy atom. The third-order valence-corrected chi connectivity index (χ3v) is 2.65. The molecular weight excluding hydrogens is 233 g/mol. The molecule has 1 heterocycles. The van der Waals surface area contributed by atoms with Gasteiger partial charge in [0.05, 0.1) is 11.9 Å². The maximum Gasteiger partial charge on any atom is 0.164 e. The molecule has 0 aliphatic heterocycles. The molecule has 0 radical (unpaired) electrons. The Balaban J connectivity index is 2.05. The molecule has 0 spiro atoms. The first-order chi connectivity index (χ1) is 8.81. The van der Waals surface area contributed by atoms with Gasteiger partial charge in [-0.1, -0.05) is 23.4 Å². The fraction of sp³-hybridized carbons (Fsp3) is 0.308. The van der Waals surface area contributed by atoms with Gasteiger partial charge in [-0.05, 0) is 24.6 Å². The number of rotatable bonds is 6. The molecule has 0 atom stereocenters. The van der Waals surface area contributed by atoms with Crippen LogP contribution < -0.4 is 11.1 Å².